The van der Waals surface area contributed by atoms with Crippen LogP contribution >= 0.6 is 11.6 Å². The van der Waals surface area contributed by atoms with E-state index in [0.717, 1.165) is 21.8 Å². The van der Waals surface area contributed by atoms with E-state index in [4.69, 9.17) is 21.1 Å². The van der Waals surface area contributed by atoms with Gasteiger partial charge in [-0.1, -0.05) is 35.9 Å². The third-order valence-electron chi connectivity index (χ3n) is 4.19. The lowest BCUT2D eigenvalue weighted by Gasteiger charge is -2.22. The van der Waals surface area contributed by atoms with E-state index in [9.17, 15) is 8.42 Å². The van der Waals surface area contributed by atoms with Crippen LogP contribution in [-0.2, 0) is 10.0 Å². The summed E-state index contributed by atoms with van der Waals surface area (Å²) in [5.74, 6) is 1.11. The van der Waals surface area contributed by atoms with Gasteiger partial charge in [0, 0.05) is 17.0 Å². The molecule has 1 heterocycles. The van der Waals surface area contributed by atoms with Crippen molar-refractivity contribution in [2.75, 3.05) is 20.5 Å². The first-order valence-corrected chi connectivity index (χ1v) is 10.1. The van der Waals surface area contributed by atoms with E-state index in [2.05, 4.69) is 5.10 Å². The van der Waals surface area contributed by atoms with Crippen molar-refractivity contribution in [3.05, 3.63) is 58.6 Å². The predicted molar refractivity (Wildman–Crippen MR) is 102 cm³/mol. The van der Waals surface area contributed by atoms with E-state index in [-0.39, 0.29) is 0 Å². The molecule has 0 aliphatic carbocycles. The highest BCUT2D eigenvalue weighted by Gasteiger charge is 2.35. The Morgan fingerprint density at radius 3 is 2.42 bits per heavy atom. The molecule has 3 rings (SSSR count). The highest BCUT2D eigenvalue weighted by molar-refractivity contribution is 7.88. The zero-order valence-corrected chi connectivity index (χ0v) is 16.2. The van der Waals surface area contributed by atoms with E-state index in [1.165, 1.54) is 7.11 Å². The summed E-state index contributed by atoms with van der Waals surface area (Å²) < 4.78 is 36.3. The van der Waals surface area contributed by atoms with Gasteiger partial charge in [0.1, 0.15) is 0 Å². The van der Waals surface area contributed by atoms with Crippen LogP contribution in [0.25, 0.3) is 0 Å². The SMILES string of the molecule is COc1ccc(C2CC(c3ccccc3Cl)=NN2S(C)(=O)=O)cc1OC. The van der Waals surface area contributed by atoms with Crippen LogP contribution in [-0.4, -0.2) is 39.0 Å². The quantitative estimate of drug-likeness (QED) is 0.778. The van der Waals surface area contributed by atoms with Gasteiger partial charge in [0.25, 0.3) is 0 Å². The van der Waals surface area contributed by atoms with Crippen molar-refractivity contribution in [2.24, 2.45) is 5.10 Å². The molecule has 0 N–H and O–H groups in total. The lowest BCUT2D eigenvalue weighted by molar-refractivity contribution is 0.349. The standard InChI is InChI=1S/C18H19ClN2O4S/c1-24-17-9-8-12(10-18(17)25-2)16-11-15(20-21(16)26(3,22)23)13-6-4-5-7-14(13)19/h4-10,16H,11H2,1-3H3. The number of hydrazone groups is 1. The number of rotatable bonds is 5. The molecular formula is C18H19ClN2O4S. The fourth-order valence-electron chi connectivity index (χ4n) is 2.96. The minimum atomic E-state index is -3.56. The van der Waals surface area contributed by atoms with Crippen LogP contribution in [0.5, 0.6) is 11.5 Å². The Balaban J connectivity index is 2.04. The number of halogens is 1. The Morgan fingerprint density at radius 2 is 1.81 bits per heavy atom. The molecule has 1 unspecified atom stereocenters. The summed E-state index contributed by atoms with van der Waals surface area (Å²) in [6.45, 7) is 0. The summed E-state index contributed by atoms with van der Waals surface area (Å²) in [5, 5.41) is 4.89. The Labute approximate surface area is 158 Å². The summed E-state index contributed by atoms with van der Waals surface area (Å²) in [5.41, 5.74) is 2.12. The third kappa shape index (κ3) is 3.50. The second-order valence-corrected chi connectivity index (χ2v) is 8.14. The number of hydrogen-bond donors (Lipinski definition) is 0. The third-order valence-corrected chi connectivity index (χ3v) is 5.53. The molecule has 2 aromatic rings. The van der Waals surface area contributed by atoms with Gasteiger partial charge in [0.05, 0.1) is 32.2 Å². The molecule has 8 heteroatoms. The second kappa shape index (κ2) is 7.17. The molecule has 1 aliphatic rings. The Kier molecular flexibility index (Phi) is 5.11. The lowest BCUT2D eigenvalue weighted by Crippen LogP contribution is -2.25. The maximum Gasteiger partial charge on any atom is 0.247 e. The lowest BCUT2D eigenvalue weighted by atomic mass is 9.99. The maximum absolute atomic E-state index is 12.3. The minimum Gasteiger partial charge on any atom is -0.493 e. The molecule has 138 valence electrons. The average molecular weight is 395 g/mol. The van der Waals surface area contributed by atoms with Gasteiger partial charge in [-0.25, -0.2) is 8.42 Å². The topological polar surface area (TPSA) is 68.2 Å². The number of sulfonamides is 1. The van der Waals surface area contributed by atoms with Crippen LogP contribution in [0.1, 0.15) is 23.6 Å². The largest absolute Gasteiger partial charge is 0.493 e. The summed E-state index contributed by atoms with van der Waals surface area (Å²) in [4.78, 5) is 0. The highest BCUT2D eigenvalue weighted by Crippen LogP contribution is 2.39. The Morgan fingerprint density at radius 1 is 1.12 bits per heavy atom. The average Bonchev–Trinajstić information content (AvgIpc) is 3.07. The first-order valence-electron chi connectivity index (χ1n) is 7.89. The fourth-order valence-corrected chi connectivity index (χ4v) is 4.11. The highest BCUT2D eigenvalue weighted by atomic mass is 35.5. The number of methoxy groups -OCH3 is 2. The van der Waals surface area contributed by atoms with Crippen molar-refractivity contribution in [3.8, 4) is 11.5 Å². The van der Waals surface area contributed by atoms with Crippen molar-refractivity contribution in [2.45, 2.75) is 12.5 Å². The molecule has 2 aromatic carbocycles. The molecule has 6 nitrogen and oxygen atoms in total. The normalized spacial score (nSPS) is 17.2. The molecule has 0 radical (unpaired) electrons. The molecule has 0 bridgehead atoms. The molecule has 26 heavy (non-hydrogen) atoms. The molecule has 0 saturated heterocycles. The van der Waals surface area contributed by atoms with E-state index < -0.39 is 16.1 Å². The summed E-state index contributed by atoms with van der Waals surface area (Å²) in [6, 6.07) is 12.1. The zero-order chi connectivity index (χ0) is 18.9. The van der Waals surface area contributed by atoms with Crippen LogP contribution in [0.3, 0.4) is 0 Å². The van der Waals surface area contributed by atoms with Crippen LogP contribution in [0, 0.1) is 0 Å². The maximum atomic E-state index is 12.3. The fraction of sp³-hybridized carbons (Fsp3) is 0.278. The molecular weight excluding hydrogens is 376 g/mol. The number of ether oxygens (including phenoxy) is 2. The van der Waals surface area contributed by atoms with Crippen LogP contribution < -0.4 is 9.47 Å². The second-order valence-electron chi connectivity index (χ2n) is 5.90. The first kappa shape index (κ1) is 18.5. The molecule has 0 fully saturated rings. The molecule has 0 spiro atoms. The number of benzene rings is 2. The molecule has 0 saturated carbocycles. The van der Waals surface area contributed by atoms with Crippen LogP contribution in [0.4, 0.5) is 0 Å². The summed E-state index contributed by atoms with van der Waals surface area (Å²) in [7, 11) is -0.470. The van der Waals surface area contributed by atoms with Crippen molar-refractivity contribution in [3.63, 3.8) is 0 Å². The van der Waals surface area contributed by atoms with E-state index in [1.807, 2.05) is 24.3 Å². The van der Waals surface area contributed by atoms with Crippen LogP contribution in [0.15, 0.2) is 47.6 Å². The van der Waals surface area contributed by atoms with E-state index in [0.29, 0.717) is 28.7 Å². The van der Waals surface area contributed by atoms with E-state index in [1.54, 1.807) is 25.3 Å². The zero-order valence-electron chi connectivity index (χ0n) is 14.6. The summed E-state index contributed by atoms with van der Waals surface area (Å²) >= 11 is 6.26. The van der Waals surface area contributed by atoms with Crippen molar-refractivity contribution in [1.82, 2.24) is 4.41 Å². The Hall–Kier alpha value is -2.25. The molecule has 1 atom stereocenters. The molecule has 0 amide bonds. The van der Waals surface area contributed by atoms with Crippen molar-refractivity contribution in [1.29, 1.82) is 0 Å². The summed E-state index contributed by atoms with van der Waals surface area (Å²) in [6.07, 6.45) is 1.55. The Bertz CT molecular complexity index is 959. The van der Waals surface area contributed by atoms with Crippen LogP contribution in [0.2, 0.25) is 5.02 Å². The van der Waals surface area contributed by atoms with Gasteiger partial charge in [-0.15, -0.1) is 0 Å². The smallest absolute Gasteiger partial charge is 0.247 e. The van der Waals surface area contributed by atoms with Gasteiger partial charge in [-0.3, -0.25) is 0 Å². The predicted octanol–water partition coefficient (Wildman–Crippen LogP) is 3.47. The van der Waals surface area contributed by atoms with Gasteiger partial charge in [0.2, 0.25) is 10.0 Å². The minimum absolute atomic E-state index is 0.409. The van der Waals surface area contributed by atoms with Crippen molar-refractivity contribution < 1.29 is 17.9 Å². The number of hydrogen-bond acceptors (Lipinski definition) is 5. The van der Waals surface area contributed by atoms with Crippen molar-refractivity contribution >= 4 is 27.3 Å². The van der Waals surface area contributed by atoms with Gasteiger partial charge >= 0.3 is 0 Å². The van der Waals surface area contributed by atoms with Gasteiger partial charge in [-0.05, 0) is 23.8 Å². The van der Waals surface area contributed by atoms with Gasteiger partial charge in [-0.2, -0.15) is 9.52 Å². The molecule has 0 aromatic heterocycles. The van der Waals surface area contributed by atoms with E-state index >= 15 is 0 Å². The number of nitrogens with zero attached hydrogens (tertiary/aromatic N) is 2. The van der Waals surface area contributed by atoms with Gasteiger partial charge < -0.3 is 9.47 Å². The molecule has 1 aliphatic heterocycles. The monoisotopic (exact) mass is 394 g/mol. The first-order chi connectivity index (χ1) is 12.3. The van der Waals surface area contributed by atoms with Gasteiger partial charge in [0.15, 0.2) is 11.5 Å².